The standard InChI is InChI=1S/C18H16N2O2/c1-20-17(18(21)22-2)15(13-9-5-3-6-10-13)16(19-20)14-11-7-4-8-12-14/h3-12H,1-2H3. The molecule has 0 aliphatic rings. The highest BCUT2D eigenvalue weighted by atomic mass is 16.5. The van der Waals surface area contributed by atoms with Crippen molar-refractivity contribution >= 4 is 5.97 Å². The third kappa shape index (κ3) is 2.39. The number of carbonyl (C=O) groups excluding carboxylic acids is 1. The zero-order valence-electron chi connectivity index (χ0n) is 12.5. The van der Waals surface area contributed by atoms with Crippen molar-refractivity contribution in [2.24, 2.45) is 7.05 Å². The van der Waals surface area contributed by atoms with E-state index in [-0.39, 0.29) is 0 Å². The molecule has 0 saturated carbocycles. The third-order valence-corrected chi connectivity index (χ3v) is 3.54. The fraction of sp³-hybridized carbons (Fsp3) is 0.111. The van der Waals surface area contributed by atoms with E-state index in [1.54, 1.807) is 11.7 Å². The number of esters is 1. The molecule has 1 aromatic heterocycles. The number of nitrogens with zero attached hydrogens (tertiary/aromatic N) is 2. The van der Waals surface area contributed by atoms with Crippen LogP contribution in [0, 0.1) is 0 Å². The quantitative estimate of drug-likeness (QED) is 0.693. The number of aromatic nitrogens is 2. The normalized spacial score (nSPS) is 10.5. The number of hydrogen-bond acceptors (Lipinski definition) is 3. The zero-order chi connectivity index (χ0) is 15.5. The summed E-state index contributed by atoms with van der Waals surface area (Å²) >= 11 is 0. The highest BCUT2D eigenvalue weighted by molar-refractivity contribution is 6.00. The Morgan fingerprint density at radius 1 is 0.955 bits per heavy atom. The topological polar surface area (TPSA) is 44.1 Å². The summed E-state index contributed by atoms with van der Waals surface area (Å²) in [4.78, 5) is 12.2. The summed E-state index contributed by atoms with van der Waals surface area (Å²) in [7, 11) is 3.14. The Hall–Kier alpha value is -2.88. The minimum absolute atomic E-state index is 0.393. The molecule has 3 rings (SSSR count). The second kappa shape index (κ2) is 5.85. The summed E-state index contributed by atoms with van der Waals surface area (Å²) in [6.45, 7) is 0. The van der Waals surface area contributed by atoms with Crippen LogP contribution in [0.15, 0.2) is 60.7 Å². The Morgan fingerprint density at radius 3 is 2.05 bits per heavy atom. The molecule has 0 unspecified atom stereocenters. The first-order valence-electron chi connectivity index (χ1n) is 6.98. The lowest BCUT2D eigenvalue weighted by molar-refractivity contribution is 0.0589. The van der Waals surface area contributed by atoms with Crippen molar-refractivity contribution in [3.8, 4) is 22.4 Å². The van der Waals surface area contributed by atoms with Gasteiger partial charge in [0.25, 0.3) is 0 Å². The Labute approximate surface area is 129 Å². The molecular weight excluding hydrogens is 276 g/mol. The molecule has 0 atom stereocenters. The molecule has 0 aliphatic heterocycles. The number of methoxy groups -OCH3 is 1. The molecule has 0 fully saturated rings. The lowest BCUT2D eigenvalue weighted by atomic mass is 9.99. The first-order chi connectivity index (χ1) is 10.7. The van der Waals surface area contributed by atoms with E-state index in [1.807, 2.05) is 60.7 Å². The molecule has 3 aromatic rings. The van der Waals surface area contributed by atoms with Crippen molar-refractivity contribution in [2.45, 2.75) is 0 Å². The van der Waals surface area contributed by atoms with Gasteiger partial charge in [0, 0.05) is 18.2 Å². The largest absolute Gasteiger partial charge is 0.464 e. The fourth-order valence-electron chi connectivity index (χ4n) is 2.53. The minimum Gasteiger partial charge on any atom is -0.464 e. The summed E-state index contributed by atoms with van der Waals surface area (Å²) in [5, 5.41) is 4.54. The molecule has 0 spiro atoms. The van der Waals surface area contributed by atoms with E-state index < -0.39 is 5.97 Å². The maximum absolute atomic E-state index is 12.2. The van der Waals surface area contributed by atoms with Crippen LogP contribution >= 0.6 is 0 Å². The van der Waals surface area contributed by atoms with E-state index >= 15 is 0 Å². The molecule has 0 saturated heterocycles. The third-order valence-electron chi connectivity index (χ3n) is 3.54. The van der Waals surface area contributed by atoms with Gasteiger partial charge in [0.1, 0.15) is 5.69 Å². The number of hydrogen-bond donors (Lipinski definition) is 0. The highest BCUT2D eigenvalue weighted by Gasteiger charge is 2.24. The minimum atomic E-state index is -0.393. The van der Waals surface area contributed by atoms with Crippen molar-refractivity contribution in [2.75, 3.05) is 7.11 Å². The molecule has 4 nitrogen and oxygen atoms in total. The maximum Gasteiger partial charge on any atom is 0.356 e. The molecule has 0 N–H and O–H groups in total. The van der Waals surface area contributed by atoms with E-state index in [2.05, 4.69) is 5.10 Å². The van der Waals surface area contributed by atoms with E-state index in [1.165, 1.54) is 7.11 Å². The molecule has 1 heterocycles. The van der Waals surface area contributed by atoms with Crippen molar-refractivity contribution in [3.63, 3.8) is 0 Å². The molecule has 22 heavy (non-hydrogen) atoms. The molecule has 0 amide bonds. The zero-order valence-corrected chi connectivity index (χ0v) is 12.5. The second-order valence-electron chi connectivity index (χ2n) is 4.92. The molecule has 4 heteroatoms. The Bertz CT molecular complexity index is 793. The molecule has 0 radical (unpaired) electrons. The van der Waals surface area contributed by atoms with Gasteiger partial charge in [0.05, 0.1) is 7.11 Å². The first kappa shape index (κ1) is 14.1. The fourth-order valence-corrected chi connectivity index (χ4v) is 2.53. The van der Waals surface area contributed by atoms with Gasteiger partial charge in [-0.1, -0.05) is 60.7 Å². The van der Waals surface area contributed by atoms with Crippen LogP contribution in [0.1, 0.15) is 10.5 Å². The Kier molecular flexibility index (Phi) is 3.74. The van der Waals surface area contributed by atoms with Crippen LogP contribution in [-0.4, -0.2) is 22.9 Å². The van der Waals surface area contributed by atoms with Gasteiger partial charge >= 0.3 is 5.97 Å². The average molecular weight is 292 g/mol. The molecule has 2 aromatic carbocycles. The first-order valence-corrected chi connectivity index (χ1v) is 6.98. The van der Waals surface area contributed by atoms with Gasteiger partial charge in [0.15, 0.2) is 5.69 Å². The van der Waals surface area contributed by atoms with Crippen LogP contribution in [0.2, 0.25) is 0 Å². The van der Waals surface area contributed by atoms with Gasteiger partial charge < -0.3 is 4.74 Å². The lowest BCUT2D eigenvalue weighted by Crippen LogP contribution is -2.09. The van der Waals surface area contributed by atoms with Crippen LogP contribution in [0.5, 0.6) is 0 Å². The molecular formula is C18H16N2O2. The van der Waals surface area contributed by atoms with Crippen LogP contribution in [-0.2, 0) is 11.8 Å². The summed E-state index contributed by atoms with van der Waals surface area (Å²) in [5.41, 5.74) is 3.92. The highest BCUT2D eigenvalue weighted by Crippen LogP contribution is 2.34. The number of rotatable bonds is 3. The van der Waals surface area contributed by atoms with Crippen LogP contribution in [0.3, 0.4) is 0 Å². The number of aryl methyl sites for hydroxylation is 1. The number of ether oxygens (including phenoxy) is 1. The number of carbonyl (C=O) groups is 1. The molecule has 0 aliphatic carbocycles. The Morgan fingerprint density at radius 2 is 1.50 bits per heavy atom. The van der Waals surface area contributed by atoms with Crippen LogP contribution < -0.4 is 0 Å². The van der Waals surface area contributed by atoms with E-state index in [9.17, 15) is 4.79 Å². The van der Waals surface area contributed by atoms with Crippen molar-refractivity contribution in [1.29, 1.82) is 0 Å². The summed E-state index contributed by atoms with van der Waals surface area (Å²) < 4.78 is 6.51. The number of benzene rings is 2. The van der Waals surface area contributed by atoms with Crippen molar-refractivity contribution in [1.82, 2.24) is 9.78 Å². The van der Waals surface area contributed by atoms with Gasteiger partial charge in [-0.15, -0.1) is 0 Å². The SMILES string of the molecule is COC(=O)c1c(-c2ccccc2)c(-c2ccccc2)nn1C. The predicted molar refractivity (Wildman–Crippen MR) is 85.4 cm³/mol. The van der Waals surface area contributed by atoms with Crippen LogP contribution in [0.4, 0.5) is 0 Å². The molecule has 110 valence electrons. The Balaban J connectivity index is 2.30. The monoisotopic (exact) mass is 292 g/mol. The predicted octanol–water partition coefficient (Wildman–Crippen LogP) is 3.54. The summed E-state index contributed by atoms with van der Waals surface area (Å²) in [6.07, 6.45) is 0. The molecule has 0 bridgehead atoms. The van der Waals surface area contributed by atoms with Gasteiger partial charge in [-0.25, -0.2) is 4.79 Å². The van der Waals surface area contributed by atoms with E-state index in [0.29, 0.717) is 5.69 Å². The van der Waals surface area contributed by atoms with Crippen molar-refractivity contribution < 1.29 is 9.53 Å². The van der Waals surface area contributed by atoms with Gasteiger partial charge in [-0.3, -0.25) is 4.68 Å². The maximum atomic E-state index is 12.2. The van der Waals surface area contributed by atoms with Crippen molar-refractivity contribution in [3.05, 3.63) is 66.4 Å². The average Bonchev–Trinajstić information content (AvgIpc) is 2.93. The van der Waals surface area contributed by atoms with E-state index in [0.717, 1.165) is 22.4 Å². The second-order valence-corrected chi connectivity index (χ2v) is 4.92. The van der Waals surface area contributed by atoms with Crippen LogP contribution in [0.25, 0.3) is 22.4 Å². The summed E-state index contributed by atoms with van der Waals surface area (Å²) in [5.74, 6) is -0.393. The van der Waals surface area contributed by atoms with E-state index in [4.69, 9.17) is 4.74 Å². The van der Waals surface area contributed by atoms with Gasteiger partial charge in [-0.05, 0) is 5.56 Å². The smallest absolute Gasteiger partial charge is 0.356 e. The van der Waals surface area contributed by atoms with Gasteiger partial charge in [-0.2, -0.15) is 5.10 Å². The summed E-state index contributed by atoms with van der Waals surface area (Å²) in [6, 6.07) is 19.6. The lowest BCUT2D eigenvalue weighted by Gasteiger charge is -2.06. The van der Waals surface area contributed by atoms with Gasteiger partial charge in [0.2, 0.25) is 0 Å².